The largest absolute Gasteiger partial charge is 0.379 e. The van der Waals surface area contributed by atoms with Gasteiger partial charge in [-0.15, -0.1) is 0 Å². The number of hydrogen-bond donors (Lipinski definition) is 2. The molecule has 1 aromatic heterocycles. The number of anilines is 1. The molecule has 2 N–H and O–H groups in total. The molecule has 1 fully saturated rings. The van der Waals surface area contributed by atoms with Crippen LogP contribution in [0.2, 0.25) is 5.02 Å². The monoisotopic (exact) mass is 255 g/mol. The van der Waals surface area contributed by atoms with Crippen molar-refractivity contribution in [2.75, 3.05) is 25.6 Å². The zero-order valence-corrected chi connectivity index (χ0v) is 10.2. The number of halogens is 1. The summed E-state index contributed by atoms with van der Waals surface area (Å²) in [4.78, 5) is 16.0. The summed E-state index contributed by atoms with van der Waals surface area (Å²) in [5.41, 5.74) is 0. The summed E-state index contributed by atoms with van der Waals surface area (Å²) in [5, 5.41) is 6.34. The highest BCUT2D eigenvalue weighted by Gasteiger charge is 2.33. The third-order valence-electron chi connectivity index (χ3n) is 2.76. The molecular formula is C11H14ClN3O2. The number of nitrogens with zero attached hydrogens (tertiary/aromatic N) is 1. The summed E-state index contributed by atoms with van der Waals surface area (Å²) in [5.74, 6) is 0.168. The SMILES string of the molecule is CNC1COCC1C(=O)Nc1cc(Cl)ccn1. The summed E-state index contributed by atoms with van der Waals surface area (Å²) in [6.07, 6.45) is 1.55. The topological polar surface area (TPSA) is 63.2 Å². The fraction of sp³-hybridized carbons (Fsp3) is 0.455. The molecule has 2 unspecified atom stereocenters. The van der Waals surface area contributed by atoms with E-state index >= 15 is 0 Å². The molecule has 17 heavy (non-hydrogen) atoms. The van der Waals surface area contributed by atoms with E-state index in [0.717, 1.165) is 0 Å². The molecule has 0 spiro atoms. The Bertz CT molecular complexity index is 413. The average Bonchev–Trinajstić information content (AvgIpc) is 2.77. The highest BCUT2D eigenvalue weighted by Crippen LogP contribution is 2.17. The van der Waals surface area contributed by atoms with Gasteiger partial charge in [0, 0.05) is 17.3 Å². The van der Waals surface area contributed by atoms with Gasteiger partial charge in [-0.1, -0.05) is 11.6 Å². The van der Waals surface area contributed by atoms with Crippen molar-refractivity contribution in [3.8, 4) is 0 Å². The lowest BCUT2D eigenvalue weighted by molar-refractivity contribution is -0.120. The van der Waals surface area contributed by atoms with Gasteiger partial charge >= 0.3 is 0 Å². The van der Waals surface area contributed by atoms with Gasteiger partial charge in [0.2, 0.25) is 5.91 Å². The van der Waals surface area contributed by atoms with Crippen LogP contribution in [-0.4, -0.2) is 37.2 Å². The molecule has 2 heterocycles. The molecule has 1 saturated heterocycles. The van der Waals surface area contributed by atoms with E-state index in [1.807, 2.05) is 7.05 Å². The number of carbonyl (C=O) groups excluding carboxylic acids is 1. The zero-order chi connectivity index (χ0) is 12.3. The van der Waals surface area contributed by atoms with Crippen molar-refractivity contribution < 1.29 is 9.53 Å². The van der Waals surface area contributed by atoms with Crippen molar-refractivity contribution in [3.63, 3.8) is 0 Å². The van der Waals surface area contributed by atoms with Crippen molar-refractivity contribution in [2.24, 2.45) is 5.92 Å². The van der Waals surface area contributed by atoms with E-state index < -0.39 is 0 Å². The van der Waals surface area contributed by atoms with Crippen molar-refractivity contribution in [1.82, 2.24) is 10.3 Å². The van der Waals surface area contributed by atoms with Crippen molar-refractivity contribution in [2.45, 2.75) is 6.04 Å². The van der Waals surface area contributed by atoms with E-state index in [-0.39, 0.29) is 17.9 Å². The van der Waals surface area contributed by atoms with E-state index in [2.05, 4.69) is 15.6 Å². The number of aromatic nitrogens is 1. The molecule has 2 rings (SSSR count). The van der Waals surface area contributed by atoms with Gasteiger partial charge in [0.1, 0.15) is 5.82 Å². The van der Waals surface area contributed by atoms with Crippen LogP contribution in [0.5, 0.6) is 0 Å². The minimum absolute atomic E-state index is 0.0502. The third kappa shape index (κ3) is 2.94. The van der Waals surface area contributed by atoms with Gasteiger partial charge in [0.25, 0.3) is 0 Å². The Balaban J connectivity index is 2.01. The Morgan fingerprint density at radius 2 is 2.41 bits per heavy atom. The minimum atomic E-state index is -0.194. The Morgan fingerprint density at radius 1 is 1.59 bits per heavy atom. The van der Waals surface area contributed by atoms with Crippen LogP contribution in [-0.2, 0) is 9.53 Å². The first-order valence-corrected chi connectivity index (χ1v) is 5.76. The maximum Gasteiger partial charge on any atom is 0.232 e. The first-order valence-electron chi connectivity index (χ1n) is 5.38. The maximum absolute atomic E-state index is 12.0. The number of amides is 1. The molecular weight excluding hydrogens is 242 g/mol. The maximum atomic E-state index is 12.0. The minimum Gasteiger partial charge on any atom is -0.379 e. The first kappa shape index (κ1) is 12.3. The number of pyridine rings is 1. The summed E-state index contributed by atoms with van der Waals surface area (Å²) >= 11 is 5.82. The molecule has 1 aliphatic heterocycles. The summed E-state index contributed by atoms with van der Waals surface area (Å²) < 4.78 is 5.27. The second-order valence-corrected chi connectivity index (χ2v) is 4.32. The van der Waals surface area contributed by atoms with Crippen LogP contribution in [0.15, 0.2) is 18.3 Å². The zero-order valence-electron chi connectivity index (χ0n) is 9.44. The van der Waals surface area contributed by atoms with E-state index in [1.54, 1.807) is 18.3 Å². The van der Waals surface area contributed by atoms with E-state index in [1.165, 1.54) is 0 Å². The lowest BCUT2D eigenvalue weighted by atomic mass is 10.0. The van der Waals surface area contributed by atoms with E-state index in [0.29, 0.717) is 24.1 Å². The standard InChI is InChI=1S/C11H14ClN3O2/c1-13-9-6-17-5-8(9)11(16)15-10-4-7(12)2-3-14-10/h2-4,8-9,13H,5-6H2,1H3,(H,14,15,16). The molecule has 2 atom stereocenters. The molecule has 0 aromatic carbocycles. The molecule has 92 valence electrons. The van der Waals surface area contributed by atoms with Crippen LogP contribution in [0.25, 0.3) is 0 Å². The number of likely N-dealkylation sites (N-methyl/N-ethyl adjacent to an activating group) is 1. The second kappa shape index (κ2) is 5.44. The number of hydrogen-bond acceptors (Lipinski definition) is 4. The van der Waals surface area contributed by atoms with Crippen molar-refractivity contribution in [1.29, 1.82) is 0 Å². The second-order valence-electron chi connectivity index (χ2n) is 3.89. The highest BCUT2D eigenvalue weighted by atomic mass is 35.5. The van der Waals surface area contributed by atoms with Gasteiger partial charge in [-0.25, -0.2) is 4.98 Å². The molecule has 1 aromatic rings. The van der Waals surface area contributed by atoms with Gasteiger partial charge in [-0.3, -0.25) is 4.79 Å². The smallest absolute Gasteiger partial charge is 0.232 e. The van der Waals surface area contributed by atoms with Crippen LogP contribution in [0.1, 0.15) is 0 Å². The van der Waals surface area contributed by atoms with Crippen LogP contribution in [0, 0.1) is 5.92 Å². The quantitative estimate of drug-likeness (QED) is 0.843. The number of rotatable bonds is 3. The van der Waals surface area contributed by atoms with Crippen LogP contribution < -0.4 is 10.6 Å². The lowest BCUT2D eigenvalue weighted by Crippen LogP contribution is -2.39. The fourth-order valence-electron chi connectivity index (χ4n) is 1.79. The molecule has 1 aliphatic rings. The Hall–Kier alpha value is -1.17. The highest BCUT2D eigenvalue weighted by molar-refractivity contribution is 6.30. The summed E-state index contributed by atoms with van der Waals surface area (Å²) in [6, 6.07) is 3.32. The van der Waals surface area contributed by atoms with Gasteiger partial charge in [0.15, 0.2) is 0 Å². The lowest BCUT2D eigenvalue weighted by Gasteiger charge is -2.15. The number of carbonyl (C=O) groups is 1. The molecule has 0 aliphatic carbocycles. The van der Waals surface area contributed by atoms with Crippen LogP contribution >= 0.6 is 11.6 Å². The predicted octanol–water partition coefficient (Wildman–Crippen LogP) is 0.908. The molecule has 0 saturated carbocycles. The van der Waals surface area contributed by atoms with Crippen molar-refractivity contribution in [3.05, 3.63) is 23.4 Å². The Labute approximate surface area is 105 Å². The Morgan fingerprint density at radius 3 is 3.12 bits per heavy atom. The predicted molar refractivity (Wildman–Crippen MR) is 65.0 cm³/mol. The van der Waals surface area contributed by atoms with Gasteiger partial charge in [0.05, 0.1) is 19.1 Å². The van der Waals surface area contributed by atoms with E-state index in [9.17, 15) is 4.79 Å². The molecule has 0 radical (unpaired) electrons. The number of nitrogens with one attached hydrogen (secondary N) is 2. The third-order valence-corrected chi connectivity index (χ3v) is 3.00. The Kier molecular flexibility index (Phi) is 3.93. The van der Waals surface area contributed by atoms with Gasteiger partial charge in [-0.2, -0.15) is 0 Å². The summed E-state index contributed by atoms with van der Waals surface area (Å²) in [6.45, 7) is 0.982. The molecule has 6 heteroatoms. The average molecular weight is 256 g/mol. The first-order chi connectivity index (χ1) is 8.20. The van der Waals surface area contributed by atoms with Crippen LogP contribution in [0.3, 0.4) is 0 Å². The van der Waals surface area contributed by atoms with Crippen molar-refractivity contribution >= 4 is 23.3 Å². The normalized spacial score (nSPS) is 23.6. The molecule has 5 nitrogen and oxygen atoms in total. The van der Waals surface area contributed by atoms with Gasteiger partial charge in [-0.05, 0) is 19.2 Å². The molecule has 1 amide bonds. The number of ether oxygens (including phenoxy) is 1. The van der Waals surface area contributed by atoms with Gasteiger partial charge < -0.3 is 15.4 Å². The molecule has 0 bridgehead atoms. The van der Waals surface area contributed by atoms with Crippen LogP contribution in [0.4, 0.5) is 5.82 Å². The summed E-state index contributed by atoms with van der Waals surface area (Å²) in [7, 11) is 1.82. The van der Waals surface area contributed by atoms with E-state index in [4.69, 9.17) is 16.3 Å². The fourth-order valence-corrected chi connectivity index (χ4v) is 1.95.